The molecule has 2 fully saturated rings. The zero-order valence-corrected chi connectivity index (χ0v) is 21.2. The summed E-state index contributed by atoms with van der Waals surface area (Å²) in [5.41, 5.74) is 4.21. The van der Waals surface area contributed by atoms with Crippen LogP contribution in [0.15, 0.2) is 48.5 Å². The number of hydrogen-bond acceptors (Lipinski definition) is 4. The van der Waals surface area contributed by atoms with E-state index in [1.54, 1.807) is 0 Å². The SMILES string of the molecule is CCN1CCN(Cc2ccc(CNC(=O)N3CCCN(C(=O)c4cccc(C)c4)CC3)cc2)CC1. The Labute approximate surface area is 209 Å². The fraction of sp³-hybridized carbons (Fsp3) is 0.500. The number of benzene rings is 2. The minimum absolute atomic E-state index is 0.0447. The van der Waals surface area contributed by atoms with Crippen molar-refractivity contribution in [2.75, 3.05) is 58.9 Å². The first-order valence-electron chi connectivity index (χ1n) is 12.9. The van der Waals surface area contributed by atoms with Crippen molar-refractivity contribution < 1.29 is 9.59 Å². The monoisotopic (exact) mass is 477 g/mol. The van der Waals surface area contributed by atoms with Crippen molar-refractivity contribution >= 4 is 11.9 Å². The number of urea groups is 1. The van der Waals surface area contributed by atoms with Crippen LogP contribution in [0.2, 0.25) is 0 Å². The molecule has 2 aromatic rings. The van der Waals surface area contributed by atoms with Crippen LogP contribution in [0.3, 0.4) is 0 Å². The molecule has 0 aliphatic carbocycles. The summed E-state index contributed by atoms with van der Waals surface area (Å²) in [6, 6.07) is 16.2. The Morgan fingerprint density at radius 1 is 0.800 bits per heavy atom. The summed E-state index contributed by atoms with van der Waals surface area (Å²) in [4.78, 5) is 34.4. The number of hydrogen-bond donors (Lipinski definition) is 1. The van der Waals surface area contributed by atoms with E-state index in [0.717, 1.165) is 62.4 Å². The highest BCUT2D eigenvalue weighted by molar-refractivity contribution is 5.94. The Balaban J connectivity index is 1.21. The molecule has 2 aliphatic heterocycles. The molecule has 0 bridgehead atoms. The third-order valence-electron chi connectivity index (χ3n) is 7.12. The van der Waals surface area contributed by atoms with Crippen LogP contribution in [-0.4, -0.2) is 90.4 Å². The van der Waals surface area contributed by atoms with E-state index in [0.29, 0.717) is 32.7 Å². The largest absolute Gasteiger partial charge is 0.337 e. The second-order valence-corrected chi connectivity index (χ2v) is 9.69. The van der Waals surface area contributed by atoms with Crippen LogP contribution in [0.5, 0.6) is 0 Å². The first-order chi connectivity index (χ1) is 17.0. The summed E-state index contributed by atoms with van der Waals surface area (Å²) in [7, 11) is 0. The standard InChI is InChI=1S/C28H39N5O2/c1-3-30-14-16-31(17-15-30)22-25-10-8-24(9-11-25)21-29-28(35)33-13-5-12-32(18-19-33)27(34)26-7-4-6-23(2)20-26/h4,6-11,20H,3,5,12-19,21-22H2,1-2H3,(H,29,35). The summed E-state index contributed by atoms with van der Waals surface area (Å²) in [5, 5.41) is 3.06. The number of rotatable bonds is 6. The van der Waals surface area contributed by atoms with Crippen LogP contribution in [-0.2, 0) is 13.1 Å². The van der Waals surface area contributed by atoms with Gasteiger partial charge in [0.25, 0.3) is 5.91 Å². The van der Waals surface area contributed by atoms with Crippen molar-refractivity contribution in [2.45, 2.75) is 33.4 Å². The van der Waals surface area contributed by atoms with Gasteiger partial charge >= 0.3 is 6.03 Å². The predicted octanol–water partition coefficient (Wildman–Crippen LogP) is 3.19. The third-order valence-corrected chi connectivity index (χ3v) is 7.12. The molecule has 35 heavy (non-hydrogen) atoms. The van der Waals surface area contributed by atoms with E-state index in [1.807, 2.05) is 41.0 Å². The normalized spacial score (nSPS) is 17.8. The van der Waals surface area contributed by atoms with Crippen molar-refractivity contribution in [2.24, 2.45) is 0 Å². The summed E-state index contributed by atoms with van der Waals surface area (Å²) < 4.78 is 0. The van der Waals surface area contributed by atoms with Gasteiger partial charge in [-0.05, 0) is 43.1 Å². The number of nitrogens with zero attached hydrogens (tertiary/aromatic N) is 4. The van der Waals surface area contributed by atoms with Crippen molar-refractivity contribution in [3.05, 3.63) is 70.8 Å². The van der Waals surface area contributed by atoms with E-state index in [2.05, 4.69) is 46.3 Å². The summed E-state index contributed by atoms with van der Waals surface area (Å²) in [6.07, 6.45) is 0.784. The van der Waals surface area contributed by atoms with Crippen LogP contribution < -0.4 is 5.32 Å². The number of nitrogens with one attached hydrogen (secondary N) is 1. The number of amides is 3. The fourth-order valence-corrected chi connectivity index (χ4v) is 4.86. The van der Waals surface area contributed by atoms with E-state index in [1.165, 1.54) is 5.56 Å². The fourth-order valence-electron chi connectivity index (χ4n) is 4.86. The Kier molecular flexibility index (Phi) is 8.77. The third kappa shape index (κ3) is 7.05. The van der Waals surface area contributed by atoms with Crippen molar-refractivity contribution in [3.63, 3.8) is 0 Å². The maximum Gasteiger partial charge on any atom is 0.317 e. The molecule has 2 heterocycles. The van der Waals surface area contributed by atoms with Gasteiger partial charge < -0.3 is 20.0 Å². The predicted molar refractivity (Wildman–Crippen MR) is 139 cm³/mol. The van der Waals surface area contributed by atoms with Gasteiger partial charge in [-0.15, -0.1) is 0 Å². The Bertz CT molecular complexity index is 985. The number of likely N-dealkylation sites (N-methyl/N-ethyl adjacent to an activating group) is 1. The highest BCUT2D eigenvalue weighted by Gasteiger charge is 2.23. The van der Waals surface area contributed by atoms with E-state index >= 15 is 0 Å². The highest BCUT2D eigenvalue weighted by Crippen LogP contribution is 2.13. The van der Waals surface area contributed by atoms with Gasteiger partial charge in [-0.25, -0.2) is 4.79 Å². The molecule has 2 saturated heterocycles. The molecule has 1 N–H and O–H groups in total. The van der Waals surface area contributed by atoms with E-state index in [4.69, 9.17) is 0 Å². The topological polar surface area (TPSA) is 59.1 Å². The minimum atomic E-state index is -0.0623. The number of aryl methyl sites for hydroxylation is 1. The van der Waals surface area contributed by atoms with Gasteiger partial charge in [0.15, 0.2) is 0 Å². The van der Waals surface area contributed by atoms with E-state index in [-0.39, 0.29) is 11.9 Å². The highest BCUT2D eigenvalue weighted by atomic mass is 16.2. The second kappa shape index (κ2) is 12.2. The van der Waals surface area contributed by atoms with Crippen molar-refractivity contribution in [1.29, 1.82) is 0 Å². The lowest BCUT2D eigenvalue weighted by Gasteiger charge is -2.34. The number of carbonyl (C=O) groups excluding carboxylic acids is 2. The summed E-state index contributed by atoms with van der Waals surface area (Å²) in [5.74, 6) is 0.0447. The molecule has 4 rings (SSSR count). The lowest BCUT2D eigenvalue weighted by Crippen LogP contribution is -2.45. The molecule has 7 heteroatoms. The molecular formula is C28H39N5O2. The van der Waals surface area contributed by atoms with Gasteiger partial charge in [-0.3, -0.25) is 9.69 Å². The molecule has 0 atom stereocenters. The van der Waals surface area contributed by atoms with Gasteiger partial charge in [0.05, 0.1) is 0 Å². The van der Waals surface area contributed by atoms with E-state index < -0.39 is 0 Å². The van der Waals surface area contributed by atoms with Crippen LogP contribution >= 0.6 is 0 Å². The average molecular weight is 478 g/mol. The Morgan fingerprint density at radius 2 is 1.46 bits per heavy atom. The second-order valence-electron chi connectivity index (χ2n) is 9.69. The molecule has 188 valence electrons. The smallest absolute Gasteiger partial charge is 0.317 e. The van der Waals surface area contributed by atoms with Gasteiger partial charge in [-0.1, -0.05) is 48.9 Å². The lowest BCUT2D eigenvalue weighted by molar-refractivity contribution is 0.0762. The molecule has 0 aromatic heterocycles. The molecule has 2 aliphatic rings. The quantitative estimate of drug-likeness (QED) is 0.694. The first kappa shape index (κ1) is 25.2. The van der Waals surface area contributed by atoms with Gasteiger partial charge in [0.1, 0.15) is 0 Å². The van der Waals surface area contributed by atoms with E-state index in [9.17, 15) is 9.59 Å². The lowest BCUT2D eigenvalue weighted by atomic mass is 10.1. The molecule has 0 spiro atoms. The number of piperazine rings is 1. The van der Waals surface area contributed by atoms with Crippen LogP contribution in [0.1, 0.15) is 40.4 Å². The minimum Gasteiger partial charge on any atom is -0.337 e. The molecule has 0 saturated carbocycles. The molecule has 7 nitrogen and oxygen atoms in total. The van der Waals surface area contributed by atoms with Crippen molar-refractivity contribution in [1.82, 2.24) is 24.9 Å². The Morgan fingerprint density at radius 3 is 2.17 bits per heavy atom. The van der Waals surface area contributed by atoms with Crippen LogP contribution in [0.4, 0.5) is 4.79 Å². The zero-order chi connectivity index (χ0) is 24.6. The van der Waals surface area contributed by atoms with Gasteiger partial charge in [-0.2, -0.15) is 0 Å². The van der Waals surface area contributed by atoms with Crippen molar-refractivity contribution in [3.8, 4) is 0 Å². The molecule has 3 amide bonds. The van der Waals surface area contributed by atoms with Crippen LogP contribution in [0, 0.1) is 6.92 Å². The zero-order valence-electron chi connectivity index (χ0n) is 21.2. The Hall–Kier alpha value is -2.90. The average Bonchev–Trinajstić information content (AvgIpc) is 3.15. The molecule has 0 radical (unpaired) electrons. The summed E-state index contributed by atoms with van der Waals surface area (Å²) in [6.45, 7) is 13.8. The maximum absolute atomic E-state index is 12.9. The molecular weight excluding hydrogens is 438 g/mol. The molecule has 0 unspecified atom stereocenters. The molecule has 2 aromatic carbocycles. The van der Waals surface area contributed by atoms with Gasteiger partial charge in [0.2, 0.25) is 0 Å². The number of carbonyl (C=O) groups is 2. The van der Waals surface area contributed by atoms with Crippen LogP contribution in [0.25, 0.3) is 0 Å². The summed E-state index contributed by atoms with van der Waals surface area (Å²) >= 11 is 0. The first-order valence-corrected chi connectivity index (χ1v) is 12.9. The van der Waals surface area contributed by atoms with Gasteiger partial charge in [0, 0.05) is 71.0 Å². The maximum atomic E-state index is 12.9.